The number of nitrogens with one attached hydrogen (secondary N) is 1. The molecule has 0 radical (unpaired) electrons. The molecule has 0 aliphatic heterocycles. The minimum absolute atomic E-state index is 0.115. The van der Waals surface area contributed by atoms with E-state index in [4.69, 9.17) is 9.47 Å². The van der Waals surface area contributed by atoms with E-state index in [0.717, 1.165) is 41.9 Å². The summed E-state index contributed by atoms with van der Waals surface area (Å²) in [6.45, 7) is 10.6. The van der Waals surface area contributed by atoms with Gasteiger partial charge in [-0.3, -0.25) is 9.36 Å². The number of thioether (sulfide) groups is 1. The average molecular weight is 555 g/mol. The molecule has 4 rings (SSSR count). The zero-order valence-corrected chi connectivity index (χ0v) is 23.9. The zero-order valence-electron chi connectivity index (χ0n) is 22.3. The van der Waals surface area contributed by atoms with Crippen LogP contribution in [0.2, 0.25) is 0 Å². The van der Waals surface area contributed by atoms with Crippen molar-refractivity contribution in [2.45, 2.75) is 70.2 Å². The number of nitrogens with zero attached hydrogens (tertiary/aromatic N) is 3. The number of ether oxygens (including phenoxy) is 2. The van der Waals surface area contributed by atoms with Gasteiger partial charge in [0.15, 0.2) is 17.1 Å². The summed E-state index contributed by atoms with van der Waals surface area (Å²) in [6, 6.07) is 8.06. The predicted octanol–water partition coefficient (Wildman–Crippen LogP) is 6.19. The number of esters is 1. The first kappa shape index (κ1) is 27.9. The van der Waals surface area contributed by atoms with Gasteiger partial charge in [0, 0.05) is 11.4 Å². The standard InChI is InChI=1S/C28H34N4O4S2/c1-6-15-32-25(18(4)36-20-13-11-19(12-14-20)17(2)3)30-31-28(32)37-16-23(33)29-26-24(27(34)35-5)21-9-7-8-10-22(21)38-26/h6,11-14,17-18H,1,7-10,15-16H2,2-5H3,(H,29,33). The van der Waals surface area contributed by atoms with Crippen molar-refractivity contribution in [2.75, 3.05) is 18.2 Å². The lowest BCUT2D eigenvalue weighted by Crippen LogP contribution is -2.17. The van der Waals surface area contributed by atoms with Crippen molar-refractivity contribution in [2.24, 2.45) is 0 Å². The van der Waals surface area contributed by atoms with Crippen molar-refractivity contribution in [3.8, 4) is 5.75 Å². The van der Waals surface area contributed by atoms with E-state index >= 15 is 0 Å². The number of methoxy groups -OCH3 is 1. The Balaban J connectivity index is 1.44. The van der Waals surface area contributed by atoms with Gasteiger partial charge in [-0.1, -0.05) is 43.8 Å². The van der Waals surface area contributed by atoms with Gasteiger partial charge < -0.3 is 14.8 Å². The Morgan fingerprint density at radius 1 is 1.18 bits per heavy atom. The van der Waals surface area contributed by atoms with Crippen LogP contribution in [-0.4, -0.2) is 39.5 Å². The summed E-state index contributed by atoms with van der Waals surface area (Å²) in [5.41, 5.74) is 2.76. The molecule has 1 unspecified atom stereocenters. The van der Waals surface area contributed by atoms with E-state index in [-0.39, 0.29) is 17.8 Å². The van der Waals surface area contributed by atoms with Crippen molar-refractivity contribution in [3.63, 3.8) is 0 Å². The lowest BCUT2D eigenvalue weighted by atomic mass is 9.95. The van der Waals surface area contributed by atoms with Crippen LogP contribution in [0.1, 0.15) is 77.8 Å². The van der Waals surface area contributed by atoms with Crippen molar-refractivity contribution < 1.29 is 19.1 Å². The van der Waals surface area contributed by atoms with Crippen molar-refractivity contribution in [1.29, 1.82) is 0 Å². The first-order chi connectivity index (χ1) is 18.3. The molecule has 0 spiro atoms. The molecule has 1 atom stereocenters. The molecule has 38 heavy (non-hydrogen) atoms. The number of benzene rings is 1. The van der Waals surface area contributed by atoms with Crippen LogP contribution < -0.4 is 10.1 Å². The van der Waals surface area contributed by atoms with Gasteiger partial charge >= 0.3 is 5.97 Å². The van der Waals surface area contributed by atoms with E-state index in [9.17, 15) is 9.59 Å². The summed E-state index contributed by atoms with van der Waals surface area (Å²) < 4.78 is 13.0. The molecule has 202 valence electrons. The van der Waals surface area contributed by atoms with Crippen LogP contribution in [0.4, 0.5) is 5.00 Å². The molecule has 3 aromatic rings. The van der Waals surface area contributed by atoms with Crippen molar-refractivity contribution in [3.05, 3.63) is 64.3 Å². The molecule has 0 saturated carbocycles. The third kappa shape index (κ3) is 6.30. The summed E-state index contributed by atoms with van der Waals surface area (Å²) in [4.78, 5) is 26.5. The molecule has 8 nitrogen and oxygen atoms in total. The summed E-state index contributed by atoms with van der Waals surface area (Å²) >= 11 is 2.75. The number of fused-ring (bicyclic) bond motifs is 1. The van der Waals surface area contributed by atoms with Crippen molar-refractivity contribution in [1.82, 2.24) is 14.8 Å². The molecule has 10 heteroatoms. The number of carbonyl (C=O) groups is 2. The largest absolute Gasteiger partial charge is 0.483 e. The molecule has 1 aliphatic rings. The highest BCUT2D eigenvalue weighted by Gasteiger charge is 2.27. The van der Waals surface area contributed by atoms with Gasteiger partial charge in [0.1, 0.15) is 10.8 Å². The quantitative estimate of drug-likeness (QED) is 0.172. The Morgan fingerprint density at radius 2 is 1.92 bits per heavy atom. The number of hydrogen-bond acceptors (Lipinski definition) is 8. The first-order valence-corrected chi connectivity index (χ1v) is 14.6. The molecular formula is C28H34N4O4S2. The molecule has 0 bridgehead atoms. The minimum Gasteiger partial charge on any atom is -0.483 e. The highest BCUT2D eigenvalue weighted by atomic mass is 32.2. The fourth-order valence-electron chi connectivity index (χ4n) is 4.46. The monoisotopic (exact) mass is 554 g/mol. The number of aryl methyl sites for hydroxylation is 1. The lowest BCUT2D eigenvalue weighted by Gasteiger charge is -2.16. The summed E-state index contributed by atoms with van der Waals surface area (Å²) in [6.07, 6.45) is 5.28. The van der Waals surface area contributed by atoms with Crippen LogP contribution in [0.5, 0.6) is 5.75 Å². The third-order valence-electron chi connectivity index (χ3n) is 6.43. The molecule has 0 saturated heterocycles. The van der Waals surface area contributed by atoms with Gasteiger partial charge in [-0.25, -0.2) is 4.79 Å². The molecule has 1 N–H and O–H groups in total. The number of thiophene rings is 1. The highest BCUT2D eigenvalue weighted by Crippen LogP contribution is 2.38. The topological polar surface area (TPSA) is 95.3 Å². The molecule has 1 aliphatic carbocycles. The van der Waals surface area contributed by atoms with Gasteiger partial charge in [0.2, 0.25) is 5.91 Å². The van der Waals surface area contributed by atoms with Crippen LogP contribution in [0.15, 0.2) is 42.1 Å². The first-order valence-electron chi connectivity index (χ1n) is 12.8. The average Bonchev–Trinajstić information content (AvgIpc) is 3.48. The number of carbonyl (C=O) groups excluding carboxylic acids is 2. The second-order valence-corrected chi connectivity index (χ2v) is 11.5. The van der Waals surface area contributed by atoms with Crippen LogP contribution in [0, 0.1) is 0 Å². The van der Waals surface area contributed by atoms with Gasteiger partial charge in [-0.15, -0.1) is 28.1 Å². The normalized spacial score (nSPS) is 13.6. The fourth-order valence-corrected chi connectivity index (χ4v) is 6.51. The van der Waals surface area contributed by atoms with E-state index in [2.05, 4.69) is 48.1 Å². The van der Waals surface area contributed by atoms with Crippen LogP contribution >= 0.6 is 23.1 Å². The SMILES string of the molecule is C=CCn1c(SCC(=O)Nc2sc3c(c2C(=O)OC)CCCC3)nnc1C(C)Oc1ccc(C(C)C)cc1. The summed E-state index contributed by atoms with van der Waals surface area (Å²) in [5, 5.41) is 12.8. The van der Waals surface area contributed by atoms with E-state index in [0.29, 0.717) is 34.0 Å². The number of aromatic nitrogens is 3. The number of amides is 1. The van der Waals surface area contributed by atoms with Gasteiger partial charge in [0.05, 0.1) is 18.4 Å². The van der Waals surface area contributed by atoms with E-state index in [1.54, 1.807) is 6.08 Å². The smallest absolute Gasteiger partial charge is 0.341 e. The fraction of sp³-hybridized carbons (Fsp3) is 0.429. The predicted molar refractivity (Wildman–Crippen MR) is 151 cm³/mol. The minimum atomic E-state index is -0.407. The maximum absolute atomic E-state index is 12.9. The molecule has 2 aromatic heterocycles. The van der Waals surface area contributed by atoms with E-state index in [1.807, 2.05) is 23.6 Å². The Morgan fingerprint density at radius 3 is 2.61 bits per heavy atom. The van der Waals surface area contributed by atoms with E-state index in [1.165, 1.54) is 35.8 Å². The summed E-state index contributed by atoms with van der Waals surface area (Å²) in [7, 11) is 1.37. The lowest BCUT2D eigenvalue weighted by molar-refractivity contribution is -0.113. The number of anilines is 1. The molecular weight excluding hydrogens is 520 g/mol. The van der Waals surface area contributed by atoms with Crippen molar-refractivity contribution >= 4 is 40.0 Å². The molecule has 1 aromatic carbocycles. The van der Waals surface area contributed by atoms with Crippen LogP contribution in [0.3, 0.4) is 0 Å². The van der Waals surface area contributed by atoms with Gasteiger partial charge in [0.25, 0.3) is 0 Å². The summed E-state index contributed by atoms with van der Waals surface area (Å²) in [5.74, 6) is 1.35. The number of hydrogen-bond donors (Lipinski definition) is 1. The maximum atomic E-state index is 12.9. The van der Waals surface area contributed by atoms with E-state index < -0.39 is 5.97 Å². The van der Waals surface area contributed by atoms with Gasteiger partial charge in [-0.2, -0.15) is 0 Å². The Kier molecular flexibility index (Phi) is 9.27. The second-order valence-electron chi connectivity index (χ2n) is 9.47. The Hall–Kier alpha value is -3.11. The zero-order chi connectivity index (χ0) is 27.2. The molecule has 2 heterocycles. The highest BCUT2D eigenvalue weighted by molar-refractivity contribution is 7.99. The number of rotatable bonds is 11. The van der Waals surface area contributed by atoms with Crippen LogP contribution in [-0.2, 0) is 28.9 Å². The van der Waals surface area contributed by atoms with Gasteiger partial charge in [-0.05, 0) is 61.8 Å². The third-order valence-corrected chi connectivity index (χ3v) is 8.60. The molecule has 1 amide bonds. The Bertz CT molecular complexity index is 1300. The van der Waals surface area contributed by atoms with Crippen LogP contribution in [0.25, 0.3) is 0 Å². The number of allylic oxidation sites excluding steroid dienone is 1. The molecule has 0 fully saturated rings. The second kappa shape index (κ2) is 12.6. The Labute approximate surface area is 231 Å². The maximum Gasteiger partial charge on any atom is 0.341 e.